The number of methoxy groups -OCH3 is 2. The van der Waals surface area contributed by atoms with Gasteiger partial charge in [0.15, 0.2) is 0 Å². The van der Waals surface area contributed by atoms with E-state index in [2.05, 4.69) is 20.6 Å². The second-order valence-corrected chi connectivity index (χ2v) is 16.9. The van der Waals surface area contributed by atoms with E-state index in [9.17, 15) is 24.8 Å². The average molecular weight is 839 g/mol. The molecule has 4 aliphatic rings. The van der Waals surface area contributed by atoms with Gasteiger partial charge in [-0.15, -0.1) is 0 Å². The molecule has 13 nitrogen and oxygen atoms in total. The fourth-order valence-corrected chi connectivity index (χ4v) is 9.99. The van der Waals surface area contributed by atoms with Crippen molar-refractivity contribution < 1.29 is 33.5 Å². The molecule has 314 valence electrons. The predicted octanol–water partition coefficient (Wildman–Crippen LogP) is 8.11. The molecule has 0 radical (unpaired) electrons. The average Bonchev–Trinajstić information content (AvgIpc) is 3.87. The Morgan fingerprint density at radius 2 is 1.73 bits per heavy atom. The number of carbonyl (C=O) groups excluding carboxylic acids is 1. The van der Waals surface area contributed by atoms with Crippen LogP contribution in [0.4, 0.5) is 10.1 Å². The molecule has 2 heterocycles. The lowest BCUT2D eigenvalue weighted by Crippen LogP contribution is -2.56. The lowest BCUT2D eigenvalue weighted by molar-refractivity contribution is -0.385. The number of halogens is 2. The van der Waals surface area contributed by atoms with Gasteiger partial charge in [0.05, 0.1) is 53.4 Å². The minimum absolute atomic E-state index is 0.00993. The van der Waals surface area contributed by atoms with Crippen molar-refractivity contribution in [3.63, 3.8) is 0 Å². The standard InChI is InChI=1S/C45H48ClFN6O7/c1-51(45-15-12-44(13-16-45,14-17-45)43(55)56)25-29-19-38(53(57)58)28(21-39(29)59-2)26-52-37-9-5-7-32(34(37)24-49-52)33-8-4-6-31(42(33)46)27-18-36(47)35(40(20-27)60-3)23-48-22-30-10-11-41(54)50-30/h4-9,18-21,24,30,48H,10-17,22-23,25-26H2,1-3H3,(H,50,54)(H,55,56)/t30-,44?,45?/m0/s1. The van der Waals surface area contributed by atoms with Gasteiger partial charge in [0.1, 0.15) is 17.3 Å². The molecule has 0 spiro atoms. The molecule has 1 atom stereocenters. The first-order chi connectivity index (χ1) is 28.8. The van der Waals surface area contributed by atoms with Gasteiger partial charge in [-0.2, -0.15) is 5.10 Å². The molecule has 3 saturated carbocycles. The van der Waals surface area contributed by atoms with Crippen LogP contribution in [0.1, 0.15) is 68.1 Å². The molecule has 60 heavy (non-hydrogen) atoms. The van der Waals surface area contributed by atoms with Gasteiger partial charge in [-0.3, -0.25) is 29.3 Å². The highest BCUT2D eigenvalue weighted by atomic mass is 35.5. The predicted molar refractivity (Wildman–Crippen MR) is 226 cm³/mol. The first-order valence-corrected chi connectivity index (χ1v) is 20.6. The maximum atomic E-state index is 15.7. The van der Waals surface area contributed by atoms with Gasteiger partial charge in [0.2, 0.25) is 5.91 Å². The van der Waals surface area contributed by atoms with Crippen LogP contribution in [0.25, 0.3) is 33.2 Å². The molecule has 4 fully saturated rings. The molecule has 1 amide bonds. The van der Waals surface area contributed by atoms with Crippen molar-refractivity contribution in [2.75, 3.05) is 27.8 Å². The molecule has 2 bridgehead atoms. The Bertz CT molecular complexity index is 2480. The summed E-state index contributed by atoms with van der Waals surface area (Å²) in [5, 5.41) is 34.5. The van der Waals surface area contributed by atoms with Gasteiger partial charge in [0.25, 0.3) is 5.69 Å². The second-order valence-electron chi connectivity index (χ2n) is 16.5. The minimum Gasteiger partial charge on any atom is -0.496 e. The van der Waals surface area contributed by atoms with E-state index in [1.807, 2.05) is 43.4 Å². The van der Waals surface area contributed by atoms with Crippen LogP contribution in [0.15, 0.2) is 66.9 Å². The number of carboxylic acids is 1. The number of amides is 1. The molecule has 0 unspecified atom stereocenters. The SMILES string of the molecule is COc1cc(Cn2ncc3c(-c4cccc(-c5cc(F)c(CNC[C@@H]6CCC(=O)N6)c(OC)c5)c4Cl)cccc32)c([N+](=O)[O-])cc1CN(C)C12CCC(C(=O)O)(CC1)CC2. The van der Waals surface area contributed by atoms with Gasteiger partial charge in [-0.1, -0.05) is 41.9 Å². The van der Waals surface area contributed by atoms with Crippen LogP contribution < -0.4 is 20.1 Å². The van der Waals surface area contributed by atoms with Crippen LogP contribution in [-0.2, 0) is 29.2 Å². The molecule has 1 saturated heterocycles. The fourth-order valence-electron chi connectivity index (χ4n) is 9.66. The highest BCUT2D eigenvalue weighted by Gasteiger charge is 2.54. The summed E-state index contributed by atoms with van der Waals surface area (Å²) < 4.78 is 28.9. The number of nitro groups is 1. The third-order valence-electron chi connectivity index (χ3n) is 13.3. The van der Waals surface area contributed by atoms with E-state index in [0.29, 0.717) is 88.7 Å². The second kappa shape index (κ2) is 16.5. The number of nitrogens with zero attached hydrogens (tertiary/aromatic N) is 4. The topological polar surface area (TPSA) is 161 Å². The van der Waals surface area contributed by atoms with Crippen LogP contribution in [0, 0.1) is 21.3 Å². The summed E-state index contributed by atoms with van der Waals surface area (Å²) in [6, 6.07) is 17.8. The van der Waals surface area contributed by atoms with Crippen molar-refractivity contribution in [1.82, 2.24) is 25.3 Å². The highest BCUT2D eigenvalue weighted by molar-refractivity contribution is 6.36. The zero-order chi connectivity index (χ0) is 42.3. The molecule has 4 aromatic carbocycles. The molecular formula is C45H48ClFN6O7. The Labute approximate surface area is 351 Å². The zero-order valence-corrected chi connectivity index (χ0v) is 34.6. The van der Waals surface area contributed by atoms with E-state index in [4.69, 9.17) is 21.1 Å². The molecule has 9 rings (SSSR count). The Hall–Kier alpha value is -5.57. The quantitative estimate of drug-likeness (QED) is 0.0694. The summed E-state index contributed by atoms with van der Waals surface area (Å²) in [5.41, 5.74) is 4.02. The van der Waals surface area contributed by atoms with Crippen molar-refractivity contribution in [3.05, 3.63) is 105 Å². The van der Waals surface area contributed by atoms with Crippen molar-refractivity contribution in [3.8, 4) is 33.8 Å². The van der Waals surface area contributed by atoms with Crippen molar-refractivity contribution >= 4 is 40.1 Å². The Morgan fingerprint density at radius 1 is 1.03 bits per heavy atom. The third-order valence-corrected chi connectivity index (χ3v) is 13.7. The van der Waals surface area contributed by atoms with Crippen molar-refractivity contribution in [2.24, 2.45) is 5.41 Å². The maximum Gasteiger partial charge on any atom is 0.309 e. The van der Waals surface area contributed by atoms with Crippen LogP contribution in [0.2, 0.25) is 5.02 Å². The van der Waals surface area contributed by atoms with Crippen molar-refractivity contribution in [1.29, 1.82) is 0 Å². The van der Waals surface area contributed by atoms with Gasteiger partial charge >= 0.3 is 5.97 Å². The fraction of sp³-hybridized carbons (Fsp3) is 0.400. The number of rotatable bonds is 15. The van der Waals surface area contributed by atoms with Gasteiger partial charge in [-0.25, -0.2) is 4.39 Å². The summed E-state index contributed by atoms with van der Waals surface area (Å²) in [6.45, 7) is 1.25. The summed E-state index contributed by atoms with van der Waals surface area (Å²) in [6.07, 6.45) is 7.15. The molecular weight excluding hydrogens is 791 g/mol. The number of hydrogen-bond acceptors (Lipinski definition) is 9. The number of ether oxygens (including phenoxy) is 2. The number of benzene rings is 4. The van der Waals surface area contributed by atoms with Gasteiger partial charge < -0.3 is 25.2 Å². The molecule has 5 aromatic rings. The number of nitrogens with one attached hydrogen (secondary N) is 2. The molecule has 15 heteroatoms. The number of carbonyl (C=O) groups is 2. The number of carboxylic acid groups (broad SMARTS) is 1. The number of hydrogen-bond donors (Lipinski definition) is 3. The minimum atomic E-state index is -0.707. The molecule has 1 aromatic heterocycles. The number of aliphatic carboxylic acids is 1. The first-order valence-electron chi connectivity index (χ1n) is 20.2. The van der Waals surface area contributed by atoms with Crippen LogP contribution >= 0.6 is 11.6 Å². The molecule has 1 aliphatic heterocycles. The van der Waals surface area contributed by atoms with E-state index in [1.54, 1.807) is 36.2 Å². The number of fused-ring (bicyclic) bond motifs is 4. The van der Waals surface area contributed by atoms with Crippen LogP contribution in [0.5, 0.6) is 11.5 Å². The summed E-state index contributed by atoms with van der Waals surface area (Å²) in [7, 11) is 5.06. The van der Waals surface area contributed by atoms with E-state index >= 15 is 4.39 Å². The summed E-state index contributed by atoms with van der Waals surface area (Å²) in [5.74, 6) is -0.234. The normalized spacial score (nSPS) is 21.1. The van der Waals surface area contributed by atoms with Gasteiger partial charge in [-0.05, 0) is 87.4 Å². The van der Waals surface area contributed by atoms with E-state index in [-0.39, 0.29) is 41.2 Å². The molecule has 3 aliphatic carbocycles. The highest BCUT2D eigenvalue weighted by Crippen LogP contribution is 2.55. The zero-order valence-electron chi connectivity index (χ0n) is 33.9. The first kappa shape index (κ1) is 41.2. The smallest absolute Gasteiger partial charge is 0.309 e. The van der Waals surface area contributed by atoms with Gasteiger partial charge in [0, 0.05) is 71.3 Å². The van der Waals surface area contributed by atoms with E-state index < -0.39 is 17.2 Å². The Morgan fingerprint density at radius 3 is 2.40 bits per heavy atom. The number of aromatic nitrogens is 2. The lowest BCUT2D eigenvalue weighted by Gasteiger charge is -2.55. The summed E-state index contributed by atoms with van der Waals surface area (Å²) in [4.78, 5) is 38.0. The van der Waals surface area contributed by atoms with Crippen LogP contribution in [0.3, 0.4) is 0 Å². The van der Waals surface area contributed by atoms with E-state index in [1.165, 1.54) is 13.2 Å². The Balaban J connectivity index is 1.05. The van der Waals surface area contributed by atoms with Crippen LogP contribution in [-0.4, -0.2) is 76.0 Å². The summed E-state index contributed by atoms with van der Waals surface area (Å²) >= 11 is 7.15. The third kappa shape index (κ3) is 7.56. The lowest BCUT2D eigenvalue weighted by atomic mass is 9.57. The van der Waals surface area contributed by atoms with E-state index in [0.717, 1.165) is 42.1 Å². The van der Waals surface area contributed by atoms with Crippen molar-refractivity contribution in [2.45, 2.75) is 82.6 Å². The monoisotopic (exact) mass is 838 g/mol. The maximum absolute atomic E-state index is 15.7. The Kier molecular flexibility index (Phi) is 11.3. The number of nitro benzene ring substituents is 1. The molecule has 3 N–H and O–H groups in total. The largest absolute Gasteiger partial charge is 0.496 e.